The van der Waals surface area contributed by atoms with Crippen LogP contribution in [0.5, 0.6) is 0 Å². The van der Waals surface area contributed by atoms with Gasteiger partial charge in [-0.2, -0.15) is 0 Å². The maximum absolute atomic E-state index is 2.71. The van der Waals surface area contributed by atoms with Crippen molar-refractivity contribution in [2.45, 2.75) is 104 Å². The Labute approximate surface area is 158 Å². The van der Waals surface area contributed by atoms with Gasteiger partial charge < -0.3 is 0 Å². The molecule has 0 saturated heterocycles. The highest BCUT2D eigenvalue weighted by Gasteiger charge is 2.07. The van der Waals surface area contributed by atoms with Gasteiger partial charge in [0.15, 0.2) is 0 Å². The van der Waals surface area contributed by atoms with Crippen molar-refractivity contribution in [3.63, 3.8) is 0 Å². The molecule has 0 fully saturated rings. The molecular formula is C24H43N. The van der Waals surface area contributed by atoms with Gasteiger partial charge in [-0.3, -0.25) is 4.90 Å². The van der Waals surface area contributed by atoms with Gasteiger partial charge in [-0.15, -0.1) is 0 Å². The van der Waals surface area contributed by atoms with Gasteiger partial charge in [0.05, 0.1) is 0 Å². The summed E-state index contributed by atoms with van der Waals surface area (Å²) in [7, 11) is 0. The molecule has 0 atom stereocenters. The minimum atomic E-state index is 1.14. The second-order valence-electron chi connectivity index (χ2n) is 7.74. The normalized spacial score (nSPS) is 11.4. The van der Waals surface area contributed by atoms with E-state index in [1.165, 1.54) is 101 Å². The van der Waals surface area contributed by atoms with E-state index in [-0.39, 0.29) is 0 Å². The van der Waals surface area contributed by atoms with E-state index in [4.69, 9.17) is 0 Å². The monoisotopic (exact) mass is 345 g/mol. The molecule has 1 aromatic carbocycles. The zero-order valence-electron chi connectivity index (χ0n) is 17.4. The molecule has 0 saturated carbocycles. The van der Waals surface area contributed by atoms with Gasteiger partial charge in [0, 0.05) is 6.54 Å². The summed E-state index contributed by atoms with van der Waals surface area (Å²) in [4.78, 5) is 2.71. The van der Waals surface area contributed by atoms with Crippen LogP contribution < -0.4 is 0 Å². The van der Waals surface area contributed by atoms with E-state index in [1.807, 2.05) is 0 Å². The predicted molar refractivity (Wildman–Crippen MR) is 113 cm³/mol. The van der Waals surface area contributed by atoms with Gasteiger partial charge in [-0.1, -0.05) is 102 Å². The summed E-state index contributed by atoms with van der Waals surface area (Å²) in [6.45, 7) is 10.5. The predicted octanol–water partition coefficient (Wildman–Crippen LogP) is 7.52. The van der Waals surface area contributed by atoms with Gasteiger partial charge in [0.25, 0.3) is 0 Å². The molecular weight excluding hydrogens is 302 g/mol. The first kappa shape index (κ1) is 22.2. The van der Waals surface area contributed by atoms with Gasteiger partial charge in [0.2, 0.25) is 0 Å². The lowest BCUT2D eigenvalue weighted by atomic mass is 10.1. The Bertz CT molecular complexity index is 396. The van der Waals surface area contributed by atoms with Crippen molar-refractivity contribution >= 4 is 0 Å². The minimum Gasteiger partial charge on any atom is -0.299 e. The van der Waals surface area contributed by atoms with E-state index < -0.39 is 0 Å². The Morgan fingerprint density at radius 1 is 0.640 bits per heavy atom. The Kier molecular flexibility index (Phi) is 13.7. The van der Waals surface area contributed by atoms with Crippen molar-refractivity contribution in [2.24, 2.45) is 0 Å². The number of hydrogen-bond acceptors (Lipinski definition) is 1. The Hall–Kier alpha value is -0.820. The van der Waals surface area contributed by atoms with Crippen molar-refractivity contribution in [3.05, 3.63) is 35.4 Å². The molecule has 1 rings (SSSR count). The largest absolute Gasteiger partial charge is 0.299 e. The van der Waals surface area contributed by atoms with E-state index in [0.717, 1.165) is 6.54 Å². The molecule has 0 unspecified atom stereocenters. The summed E-state index contributed by atoms with van der Waals surface area (Å²) >= 11 is 0. The molecule has 1 aromatic rings. The summed E-state index contributed by atoms with van der Waals surface area (Å²) in [6, 6.07) is 8.91. The van der Waals surface area contributed by atoms with Crippen LogP contribution in [0.3, 0.4) is 0 Å². The van der Waals surface area contributed by atoms with Crippen LogP contribution in [0.1, 0.15) is 102 Å². The van der Waals surface area contributed by atoms with Crippen molar-refractivity contribution in [1.82, 2.24) is 4.90 Å². The Balaban J connectivity index is 2.34. The van der Waals surface area contributed by atoms with Crippen molar-refractivity contribution in [1.29, 1.82) is 0 Å². The number of hydrogen-bond donors (Lipinski definition) is 0. The lowest BCUT2D eigenvalue weighted by Crippen LogP contribution is -2.26. The van der Waals surface area contributed by atoms with Gasteiger partial charge in [0.1, 0.15) is 0 Å². The van der Waals surface area contributed by atoms with Crippen LogP contribution in [0.25, 0.3) is 0 Å². The number of benzene rings is 1. The lowest BCUT2D eigenvalue weighted by molar-refractivity contribution is 0.251. The highest BCUT2D eigenvalue weighted by atomic mass is 15.1. The maximum Gasteiger partial charge on any atom is 0.0236 e. The average molecular weight is 346 g/mol. The number of unbranched alkanes of at least 4 members (excludes halogenated alkanes) is 10. The summed E-state index contributed by atoms with van der Waals surface area (Å²) in [6.07, 6.45) is 16.7. The van der Waals surface area contributed by atoms with Crippen LogP contribution in [0.15, 0.2) is 24.3 Å². The minimum absolute atomic E-state index is 1.14. The van der Waals surface area contributed by atoms with Crippen LogP contribution in [-0.2, 0) is 6.54 Å². The zero-order chi connectivity index (χ0) is 18.2. The standard InChI is InChI=1S/C24H43N/c1-4-6-8-10-12-16-20-25(21-17-13-11-9-7-5-2)22-24-19-15-14-18-23(24)3/h14-15,18-19H,4-13,16-17,20-22H2,1-3H3. The molecule has 144 valence electrons. The molecule has 0 aliphatic heterocycles. The summed E-state index contributed by atoms with van der Waals surface area (Å²) in [5, 5.41) is 0. The topological polar surface area (TPSA) is 3.24 Å². The van der Waals surface area contributed by atoms with Crippen LogP contribution in [0.2, 0.25) is 0 Å². The van der Waals surface area contributed by atoms with E-state index >= 15 is 0 Å². The Morgan fingerprint density at radius 3 is 1.64 bits per heavy atom. The first-order chi connectivity index (χ1) is 12.3. The first-order valence-corrected chi connectivity index (χ1v) is 11.0. The van der Waals surface area contributed by atoms with E-state index in [2.05, 4.69) is 49.9 Å². The second kappa shape index (κ2) is 15.4. The highest BCUT2D eigenvalue weighted by molar-refractivity contribution is 5.25. The smallest absolute Gasteiger partial charge is 0.0236 e. The lowest BCUT2D eigenvalue weighted by Gasteiger charge is -2.23. The molecule has 0 bridgehead atoms. The molecule has 1 heteroatoms. The number of rotatable bonds is 16. The molecule has 0 heterocycles. The Morgan fingerprint density at radius 2 is 1.12 bits per heavy atom. The molecule has 1 nitrogen and oxygen atoms in total. The third kappa shape index (κ3) is 11.4. The molecule has 25 heavy (non-hydrogen) atoms. The van der Waals surface area contributed by atoms with Crippen LogP contribution in [0.4, 0.5) is 0 Å². The average Bonchev–Trinajstić information content (AvgIpc) is 2.62. The quantitative estimate of drug-likeness (QED) is 0.280. The maximum atomic E-state index is 2.71. The molecule has 0 aliphatic rings. The first-order valence-electron chi connectivity index (χ1n) is 11.0. The molecule has 0 amide bonds. The fourth-order valence-electron chi connectivity index (χ4n) is 3.53. The van der Waals surface area contributed by atoms with E-state index in [1.54, 1.807) is 0 Å². The van der Waals surface area contributed by atoms with Crippen LogP contribution >= 0.6 is 0 Å². The van der Waals surface area contributed by atoms with E-state index in [9.17, 15) is 0 Å². The molecule has 0 N–H and O–H groups in total. The third-order valence-corrected chi connectivity index (χ3v) is 5.31. The number of nitrogens with zero attached hydrogens (tertiary/aromatic N) is 1. The zero-order valence-corrected chi connectivity index (χ0v) is 17.4. The van der Waals surface area contributed by atoms with Gasteiger partial charge in [-0.05, 0) is 44.0 Å². The third-order valence-electron chi connectivity index (χ3n) is 5.31. The molecule has 0 radical (unpaired) electrons. The molecule has 0 aromatic heterocycles. The number of aryl methyl sites for hydroxylation is 1. The van der Waals surface area contributed by atoms with Crippen molar-refractivity contribution in [2.75, 3.05) is 13.1 Å². The van der Waals surface area contributed by atoms with Gasteiger partial charge in [-0.25, -0.2) is 0 Å². The van der Waals surface area contributed by atoms with Crippen molar-refractivity contribution in [3.8, 4) is 0 Å². The van der Waals surface area contributed by atoms with Crippen LogP contribution in [0, 0.1) is 6.92 Å². The van der Waals surface area contributed by atoms with E-state index in [0.29, 0.717) is 0 Å². The van der Waals surface area contributed by atoms with Gasteiger partial charge >= 0.3 is 0 Å². The summed E-state index contributed by atoms with van der Waals surface area (Å²) in [5.74, 6) is 0. The molecule has 0 aliphatic carbocycles. The van der Waals surface area contributed by atoms with Crippen molar-refractivity contribution < 1.29 is 0 Å². The molecule has 0 spiro atoms. The fraction of sp³-hybridized carbons (Fsp3) is 0.750. The SMILES string of the molecule is CCCCCCCCN(CCCCCCCC)Cc1ccccc1C. The second-order valence-corrected chi connectivity index (χ2v) is 7.74. The summed E-state index contributed by atoms with van der Waals surface area (Å²) < 4.78 is 0. The highest BCUT2D eigenvalue weighted by Crippen LogP contribution is 2.14. The summed E-state index contributed by atoms with van der Waals surface area (Å²) in [5.41, 5.74) is 2.96. The van der Waals surface area contributed by atoms with Crippen LogP contribution in [-0.4, -0.2) is 18.0 Å². The fourth-order valence-corrected chi connectivity index (χ4v) is 3.53.